The maximum absolute atomic E-state index is 12.1. The molecule has 2 rings (SSSR count). The zero-order valence-electron chi connectivity index (χ0n) is 12.5. The Hall–Kier alpha value is -1.56. The Morgan fingerprint density at radius 3 is 2.59 bits per heavy atom. The second-order valence-corrected chi connectivity index (χ2v) is 5.94. The van der Waals surface area contributed by atoms with E-state index in [0.29, 0.717) is 21.6 Å². The Morgan fingerprint density at radius 1 is 1.27 bits per heavy atom. The van der Waals surface area contributed by atoms with Crippen LogP contribution in [-0.2, 0) is 4.79 Å². The number of halogens is 2. The van der Waals surface area contributed by atoms with Gasteiger partial charge in [-0.15, -0.1) is 0 Å². The van der Waals surface area contributed by atoms with Gasteiger partial charge < -0.3 is 4.52 Å². The van der Waals surface area contributed by atoms with Crippen LogP contribution in [0, 0.1) is 6.92 Å². The highest BCUT2D eigenvalue weighted by Crippen LogP contribution is 2.26. The molecule has 0 saturated carbocycles. The van der Waals surface area contributed by atoms with Gasteiger partial charge in [-0.2, -0.15) is 0 Å². The number of nitrogens with zero attached hydrogens (tertiary/aromatic N) is 1. The summed E-state index contributed by atoms with van der Waals surface area (Å²) < 4.78 is 4.96. The predicted molar refractivity (Wildman–Crippen MR) is 87.3 cm³/mol. The van der Waals surface area contributed by atoms with Crippen molar-refractivity contribution < 1.29 is 9.32 Å². The highest BCUT2D eigenvalue weighted by Gasteiger charge is 2.19. The van der Waals surface area contributed by atoms with E-state index in [-0.39, 0.29) is 11.9 Å². The van der Waals surface area contributed by atoms with Gasteiger partial charge >= 0.3 is 0 Å². The number of benzene rings is 1. The van der Waals surface area contributed by atoms with E-state index in [0.717, 1.165) is 5.56 Å². The molecule has 0 aliphatic rings. The van der Waals surface area contributed by atoms with Crippen LogP contribution in [0.5, 0.6) is 0 Å². The molecule has 1 amide bonds. The van der Waals surface area contributed by atoms with E-state index >= 15 is 0 Å². The number of aromatic nitrogens is 1. The molecule has 1 heterocycles. The van der Waals surface area contributed by atoms with Crippen molar-refractivity contribution in [1.29, 1.82) is 0 Å². The van der Waals surface area contributed by atoms with E-state index in [2.05, 4.69) is 15.8 Å². The summed E-state index contributed by atoms with van der Waals surface area (Å²) >= 11 is 12.1. The minimum atomic E-state index is -0.438. The molecule has 0 radical (unpaired) electrons. The molecular weight excluding hydrogens is 325 g/mol. The van der Waals surface area contributed by atoms with Crippen molar-refractivity contribution in [2.45, 2.75) is 32.9 Å². The summed E-state index contributed by atoms with van der Waals surface area (Å²) in [4.78, 5) is 12.1. The van der Waals surface area contributed by atoms with Gasteiger partial charge in [0, 0.05) is 22.2 Å². The maximum atomic E-state index is 12.1. The summed E-state index contributed by atoms with van der Waals surface area (Å²) in [6, 6.07) is 6.40. The minimum Gasteiger partial charge on any atom is -0.338 e. The molecule has 1 aromatic heterocycles. The van der Waals surface area contributed by atoms with Crippen LogP contribution in [0.25, 0.3) is 0 Å². The lowest BCUT2D eigenvalue weighted by Gasteiger charge is -2.20. The van der Waals surface area contributed by atoms with Crippen LogP contribution in [-0.4, -0.2) is 17.1 Å². The lowest BCUT2D eigenvalue weighted by Crippen LogP contribution is -2.39. The highest BCUT2D eigenvalue weighted by molar-refractivity contribution is 6.35. The lowest BCUT2D eigenvalue weighted by atomic mass is 10.1. The fourth-order valence-electron chi connectivity index (χ4n) is 2.05. The fourth-order valence-corrected chi connectivity index (χ4v) is 2.62. The normalized spacial score (nSPS) is 13.7. The van der Waals surface area contributed by atoms with Crippen molar-refractivity contribution in [3.05, 3.63) is 45.6 Å². The summed E-state index contributed by atoms with van der Waals surface area (Å²) in [6.07, 6.45) is 0. The number of carbonyl (C=O) groups is 1. The van der Waals surface area contributed by atoms with E-state index in [9.17, 15) is 4.79 Å². The van der Waals surface area contributed by atoms with Gasteiger partial charge in [-0.05, 0) is 38.5 Å². The first-order valence-electron chi connectivity index (χ1n) is 6.82. The average molecular weight is 342 g/mol. The maximum Gasteiger partial charge on any atom is 0.243 e. The van der Waals surface area contributed by atoms with E-state index in [1.165, 1.54) is 0 Å². The fraction of sp³-hybridized carbons (Fsp3) is 0.333. The van der Waals surface area contributed by atoms with Crippen LogP contribution in [0.2, 0.25) is 10.0 Å². The number of nitrogens with one attached hydrogen (secondary N) is 2. The van der Waals surface area contributed by atoms with Crippen LogP contribution in [0.4, 0.5) is 5.88 Å². The van der Waals surface area contributed by atoms with Gasteiger partial charge in [0.1, 0.15) is 0 Å². The van der Waals surface area contributed by atoms with E-state index in [1.54, 1.807) is 32.0 Å². The first kappa shape index (κ1) is 16.8. The summed E-state index contributed by atoms with van der Waals surface area (Å²) in [7, 11) is 0. The van der Waals surface area contributed by atoms with Crippen LogP contribution in [0.15, 0.2) is 28.8 Å². The number of hydrogen-bond donors (Lipinski definition) is 2. The Kier molecular flexibility index (Phi) is 5.45. The molecule has 7 heteroatoms. The second-order valence-electron chi connectivity index (χ2n) is 5.10. The minimum absolute atomic E-state index is 0.109. The molecular formula is C15H17Cl2N3O2. The molecule has 0 aliphatic heterocycles. The van der Waals surface area contributed by atoms with Gasteiger partial charge in [0.2, 0.25) is 11.8 Å². The Balaban J connectivity index is 1.98. The molecule has 22 heavy (non-hydrogen) atoms. The van der Waals surface area contributed by atoms with E-state index in [1.807, 2.05) is 13.0 Å². The SMILES string of the molecule is Cc1cc(NC(=O)[C@H](C)N[C@@H](C)c2ccc(Cl)cc2Cl)on1. The third-order valence-electron chi connectivity index (χ3n) is 3.20. The van der Waals surface area contributed by atoms with E-state index < -0.39 is 6.04 Å². The van der Waals surface area contributed by atoms with Crippen LogP contribution >= 0.6 is 23.2 Å². The van der Waals surface area contributed by atoms with Crippen molar-refractivity contribution in [3.63, 3.8) is 0 Å². The van der Waals surface area contributed by atoms with Gasteiger partial charge in [0.25, 0.3) is 0 Å². The van der Waals surface area contributed by atoms with Crippen molar-refractivity contribution >= 4 is 35.0 Å². The standard InChI is InChI=1S/C15H17Cl2N3O2/c1-8-6-14(22-20-8)19-15(21)10(3)18-9(2)12-5-4-11(16)7-13(12)17/h4-7,9-10,18H,1-3H3,(H,19,21)/t9-,10-/m0/s1. The Bertz CT molecular complexity index is 673. The first-order valence-corrected chi connectivity index (χ1v) is 7.57. The topological polar surface area (TPSA) is 67.2 Å². The number of rotatable bonds is 5. The number of hydrogen-bond acceptors (Lipinski definition) is 4. The summed E-state index contributed by atoms with van der Waals surface area (Å²) in [5.74, 6) is 0.112. The summed E-state index contributed by atoms with van der Waals surface area (Å²) in [5.41, 5.74) is 1.58. The van der Waals surface area contributed by atoms with Crippen molar-refractivity contribution in [3.8, 4) is 0 Å². The molecule has 2 N–H and O–H groups in total. The zero-order chi connectivity index (χ0) is 16.3. The number of aryl methyl sites for hydroxylation is 1. The first-order chi connectivity index (χ1) is 10.4. The average Bonchev–Trinajstić information content (AvgIpc) is 2.83. The van der Waals surface area contributed by atoms with Crippen LogP contribution in [0.3, 0.4) is 0 Å². The quantitative estimate of drug-likeness (QED) is 0.863. The predicted octanol–water partition coefficient (Wildman–Crippen LogP) is 3.97. The molecule has 2 aromatic rings. The highest BCUT2D eigenvalue weighted by atomic mass is 35.5. The zero-order valence-corrected chi connectivity index (χ0v) is 14.0. The molecule has 0 unspecified atom stereocenters. The van der Waals surface area contributed by atoms with E-state index in [4.69, 9.17) is 27.7 Å². The lowest BCUT2D eigenvalue weighted by molar-refractivity contribution is -0.118. The van der Waals surface area contributed by atoms with Gasteiger partial charge in [0.05, 0.1) is 11.7 Å². The molecule has 0 aliphatic carbocycles. The van der Waals surface area contributed by atoms with Gasteiger partial charge in [-0.25, -0.2) is 0 Å². The second kappa shape index (κ2) is 7.13. The van der Waals surface area contributed by atoms with Crippen LogP contribution in [0.1, 0.15) is 31.1 Å². The molecule has 0 bridgehead atoms. The van der Waals surface area contributed by atoms with Crippen molar-refractivity contribution in [2.24, 2.45) is 0 Å². The molecule has 118 valence electrons. The molecule has 2 atom stereocenters. The largest absolute Gasteiger partial charge is 0.338 e. The Labute approximate surface area is 139 Å². The number of amides is 1. The van der Waals surface area contributed by atoms with Gasteiger partial charge in [-0.1, -0.05) is 34.4 Å². The van der Waals surface area contributed by atoms with Crippen molar-refractivity contribution in [1.82, 2.24) is 10.5 Å². The summed E-state index contributed by atoms with van der Waals surface area (Å²) in [6.45, 7) is 5.47. The van der Waals surface area contributed by atoms with Crippen molar-refractivity contribution in [2.75, 3.05) is 5.32 Å². The molecule has 0 saturated heterocycles. The molecule has 0 spiro atoms. The molecule has 5 nitrogen and oxygen atoms in total. The summed E-state index contributed by atoms with van der Waals surface area (Å²) in [5, 5.41) is 10.7. The third kappa shape index (κ3) is 4.22. The molecule has 0 fully saturated rings. The smallest absolute Gasteiger partial charge is 0.243 e. The Morgan fingerprint density at radius 2 is 2.00 bits per heavy atom. The van der Waals surface area contributed by atoms with Crippen LogP contribution < -0.4 is 10.6 Å². The van der Waals surface area contributed by atoms with Gasteiger partial charge in [0.15, 0.2) is 0 Å². The number of anilines is 1. The number of carbonyl (C=O) groups excluding carboxylic acids is 1. The third-order valence-corrected chi connectivity index (χ3v) is 3.76. The molecule has 1 aromatic carbocycles. The van der Waals surface area contributed by atoms with Gasteiger partial charge in [-0.3, -0.25) is 15.4 Å². The monoisotopic (exact) mass is 341 g/mol.